The van der Waals surface area contributed by atoms with Crippen LogP contribution in [0.25, 0.3) is 0 Å². The van der Waals surface area contributed by atoms with Gasteiger partial charge in [-0.3, -0.25) is 9.59 Å². The van der Waals surface area contributed by atoms with E-state index in [1.165, 1.54) is 11.0 Å². The number of rotatable bonds is 2. The molecule has 1 heterocycles. The summed E-state index contributed by atoms with van der Waals surface area (Å²) in [6.07, 6.45) is 0. The summed E-state index contributed by atoms with van der Waals surface area (Å²) in [6.45, 7) is 2.28. The van der Waals surface area contributed by atoms with Crippen molar-refractivity contribution in [2.45, 2.75) is 13.5 Å². The van der Waals surface area contributed by atoms with Crippen molar-refractivity contribution in [1.82, 2.24) is 0 Å². The van der Waals surface area contributed by atoms with Crippen LogP contribution in [-0.4, -0.2) is 11.7 Å². The maximum atomic E-state index is 12.2. The molecule has 0 saturated heterocycles. The second-order valence-electron chi connectivity index (χ2n) is 4.93. The topological polar surface area (TPSA) is 37.4 Å². The lowest BCUT2D eigenvalue weighted by atomic mass is 10.1. The van der Waals surface area contributed by atoms with Gasteiger partial charge in [0.1, 0.15) is 0 Å². The molecule has 2 aromatic carbocycles. The number of anilines is 1. The highest BCUT2D eigenvalue weighted by molar-refractivity contribution is 6.55. The summed E-state index contributed by atoms with van der Waals surface area (Å²) in [5.41, 5.74) is 2.74. The molecule has 0 spiro atoms. The summed E-state index contributed by atoms with van der Waals surface area (Å²) >= 11 is 12.0. The Labute approximate surface area is 132 Å². The van der Waals surface area contributed by atoms with Gasteiger partial charge in [-0.2, -0.15) is 0 Å². The monoisotopic (exact) mass is 319 g/mol. The zero-order valence-corrected chi connectivity index (χ0v) is 12.7. The molecule has 1 amide bonds. The molecule has 0 saturated carbocycles. The Morgan fingerprint density at radius 3 is 2.52 bits per heavy atom. The third-order valence-electron chi connectivity index (χ3n) is 3.58. The Morgan fingerprint density at radius 1 is 1.10 bits per heavy atom. The Morgan fingerprint density at radius 2 is 1.81 bits per heavy atom. The van der Waals surface area contributed by atoms with Crippen molar-refractivity contribution in [2.24, 2.45) is 0 Å². The number of nitrogens with zero attached hydrogens (tertiary/aromatic N) is 1. The number of aryl methyl sites for hydroxylation is 1. The van der Waals surface area contributed by atoms with Gasteiger partial charge >= 0.3 is 0 Å². The van der Waals surface area contributed by atoms with Crippen molar-refractivity contribution < 1.29 is 9.59 Å². The quantitative estimate of drug-likeness (QED) is 0.784. The molecule has 2 aromatic rings. The van der Waals surface area contributed by atoms with Gasteiger partial charge in [0.25, 0.3) is 11.7 Å². The third-order valence-corrected chi connectivity index (χ3v) is 4.10. The Kier molecular flexibility index (Phi) is 3.47. The molecule has 0 aliphatic carbocycles. The third kappa shape index (κ3) is 2.33. The summed E-state index contributed by atoms with van der Waals surface area (Å²) in [5, 5.41) is 0.610. The summed E-state index contributed by atoms with van der Waals surface area (Å²) in [4.78, 5) is 25.7. The molecule has 106 valence electrons. The van der Waals surface area contributed by atoms with E-state index in [9.17, 15) is 9.59 Å². The molecule has 0 fully saturated rings. The summed E-state index contributed by atoms with van der Waals surface area (Å²) in [5.74, 6) is -1.15. The molecular weight excluding hydrogens is 309 g/mol. The molecule has 5 heteroatoms. The Hall–Kier alpha value is -1.84. The number of benzene rings is 2. The molecule has 0 aromatic heterocycles. The first kappa shape index (κ1) is 14.1. The van der Waals surface area contributed by atoms with E-state index in [4.69, 9.17) is 23.2 Å². The van der Waals surface area contributed by atoms with Crippen LogP contribution in [0.5, 0.6) is 0 Å². The number of carbonyl (C=O) groups excluding carboxylic acids is 2. The molecule has 0 unspecified atom stereocenters. The van der Waals surface area contributed by atoms with Crippen molar-refractivity contribution >= 4 is 40.6 Å². The first-order valence-corrected chi connectivity index (χ1v) is 7.14. The number of ketones is 1. The number of hydrogen-bond donors (Lipinski definition) is 0. The molecule has 0 bridgehead atoms. The number of carbonyl (C=O) groups is 2. The highest BCUT2D eigenvalue weighted by Gasteiger charge is 2.38. The predicted molar refractivity (Wildman–Crippen MR) is 83.2 cm³/mol. The first-order chi connectivity index (χ1) is 9.99. The minimum Gasteiger partial charge on any atom is -0.300 e. The lowest BCUT2D eigenvalue weighted by molar-refractivity contribution is -0.114. The summed E-state index contributed by atoms with van der Waals surface area (Å²) < 4.78 is 0. The van der Waals surface area contributed by atoms with Gasteiger partial charge in [-0.25, -0.2) is 0 Å². The average molecular weight is 320 g/mol. The molecule has 1 aliphatic rings. The van der Waals surface area contributed by atoms with Crippen LogP contribution in [-0.2, 0) is 11.3 Å². The van der Waals surface area contributed by atoms with E-state index in [-0.39, 0.29) is 10.6 Å². The van der Waals surface area contributed by atoms with E-state index in [0.29, 0.717) is 17.3 Å². The second-order valence-corrected chi connectivity index (χ2v) is 5.77. The van der Waals surface area contributed by atoms with Gasteiger partial charge in [0, 0.05) is 5.02 Å². The lowest BCUT2D eigenvalue weighted by Crippen LogP contribution is -2.29. The van der Waals surface area contributed by atoms with Crippen molar-refractivity contribution in [3.05, 3.63) is 63.1 Å². The van der Waals surface area contributed by atoms with Gasteiger partial charge in [0.05, 0.1) is 22.8 Å². The van der Waals surface area contributed by atoms with E-state index in [0.717, 1.165) is 11.1 Å². The van der Waals surface area contributed by atoms with Crippen LogP contribution in [0.2, 0.25) is 10.0 Å². The molecule has 21 heavy (non-hydrogen) atoms. The van der Waals surface area contributed by atoms with Crippen LogP contribution in [0, 0.1) is 6.92 Å². The fraction of sp³-hybridized carbons (Fsp3) is 0.125. The molecule has 0 atom stereocenters. The SMILES string of the molecule is Cc1ccccc1CN1C(=O)C(=O)c2c(Cl)cc(Cl)cc21. The first-order valence-electron chi connectivity index (χ1n) is 6.39. The van der Waals surface area contributed by atoms with Crippen molar-refractivity contribution in [2.75, 3.05) is 4.90 Å². The molecule has 0 radical (unpaired) electrons. The van der Waals surface area contributed by atoms with E-state index in [2.05, 4.69) is 0 Å². The summed E-state index contributed by atoms with van der Waals surface area (Å²) in [6, 6.07) is 10.8. The van der Waals surface area contributed by atoms with Gasteiger partial charge < -0.3 is 4.90 Å². The second kappa shape index (κ2) is 5.17. The predicted octanol–water partition coefficient (Wildman–Crippen LogP) is 4.03. The van der Waals surface area contributed by atoms with Crippen molar-refractivity contribution in [1.29, 1.82) is 0 Å². The van der Waals surface area contributed by atoms with Crippen LogP contribution in [0.3, 0.4) is 0 Å². The summed E-state index contributed by atoms with van der Waals surface area (Å²) in [7, 11) is 0. The number of fused-ring (bicyclic) bond motifs is 1. The van der Waals surface area contributed by atoms with Crippen molar-refractivity contribution in [3.63, 3.8) is 0 Å². The smallest absolute Gasteiger partial charge is 0.299 e. The van der Waals surface area contributed by atoms with E-state index >= 15 is 0 Å². The fourth-order valence-electron chi connectivity index (χ4n) is 2.45. The van der Waals surface area contributed by atoms with Gasteiger partial charge in [-0.15, -0.1) is 0 Å². The van der Waals surface area contributed by atoms with Crippen LogP contribution in [0.4, 0.5) is 5.69 Å². The van der Waals surface area contributed by atoms with Gasteiger partial charge in [0.15, 0.2) is 0 Å². The number of Topliss-reactive ketones (excluding diaryl/α,β-unsaturated/α-hetero) is 1. The van der Waals surface area contributed by atoms with Gasteiger partial charge in [0.2, 0.25) is 0 Å². The minimum atomic E-state index is -0.583. The molecule has 1 aliphatic heterocycles. The minimum absolute atomic E-state index is 0.211. The average Bonchev–Trinajstić information content (AvgIpc) is 2.66. The lowest BCUT2D eigenvalue weighted by Gasteiger charge is -2.18. The van der Waals surface area contributed by atoms with Gasteiger partial charge in [-0.05, 0) is 30.2 Å². The Balaban J connectivity index is 2.08. The highest BCUT2D eigenvalue weighted by Crippen LogP contribution is 2.38. The zero-order valence-electron chi connectivity index (χ0n) is 11.2. The number of hydrogen-bond acceptors (Lipinski definition) is 2. The van der Waals surface area contributed by atoms with Crippen molar-refractivity contribution in [3.8, 4) is 0 Å². The number of amides is 1. The number of halogens is 2. The van der Waals surface area contributed by atoms with Crippen LogP contribution >= 0.6 is 23.2 Å². The van der Waals surface area contributed by atoms with E-state index < -0.39 is 11.7 Å². The highest BCUT2D eigenvalue weighted by atomic mass is 35.5. The van der Waals surface area contributed by atoms with E-state index in [1.54, 1.807) is 6.07 Å². The Bertz CT molecular complexity index is 771. The maximum absolute atomic E-state index is 12.2. The zero-order chi connectivity index (χ0) is 15.1. The standard InChI is InChI=1S/C16H11Cl2NO2/c1-9-4-2-3-5-10(9)8-19-13-7-11(17)6-12(18)14(13)15(20)16(19)21/h2-7H,8H2,1H3. The van der Waals surface area contributed by atoms with E-state index in [1.807, 2.05) is 31.2 Å². The maximum Gasteiger partial charge on any atom is 0.299 e. The fourth-order valence-corrected chi connectivity index (χ4v) is 3.02. The van der Waals surface area contributed by atoms with Crippen LogP contribution in [0.1, 0.15) is 21.5 Å². The molecule has 0 N–H and O–H groups in total. The van der Waals surface area contributed by atoms with Gasteiger partial charge in [-0.1, -0.05) is 47.5 Å². The molecular formula is C16H11Cl2NO2. The normalized spacial score (nSPS) is 13.8. The van der Waals surface area contributed by atoms with Crippen LogP contribution < -0.4 is 4.90 Å². The molecule has 3 nitrogen and oxygen atoms in total. The molecule has 3 rings (SSSR count). The largest absolute Gasteiger partial charge is 0.300 e. The van der Waals surface area contributed by atoms with Crippen LogP contribution in [0.15, 0.2) is 36.4 Å².